The van der Waals surface area contributed by atoms with Crippen LogP contribution < -0.4 is 5.56 Å². The molecule has 1 aromatic heterocycles. The highest BCUT2D eigenvalue weighted by Gasteiger charge is 2.08. The number of hydrogen-bond acceptors (Lipinski definition) is 3. The van der Waals surface area contributed by atoms with E-state index in [0.717, 1.165) is 0 Å². The second-order valence-electron chi connectivity index (χ2n) is 3.66. The van der Waals surface area contributed by atoms with Gasteiger partial charge in [-0.3, -0.25) is 9.48 Å². The van der Waals surface area contributed by atoms with Crippen LogP contribution >= 0.6 is 0 Å². The SMILES string of the molecule is CC(C)c1nn(C(C)C)cnc1=O. The Labute approximate surface area is 77.6 Å². The maximum absolute atomic E-state index is 11.2. The molecule has 0 saturated carbocycles. The highest BCUT2D eigenvalue weighted by atomic mass is 16.1. The Morgan fingerprint density at radius 2 is 1.92 bits per heavy atom. The van der Waals surface area contributed by atoms with Gasteiger partial charge >= 0.3 is 0 Å². The maximum Gasteiger partial charge on any atom is 0.294 e. The van der Waals surface area contributed by atoms with Crippen molar-refractivity contribution >= 4 is 0 Å². The third-order valence-electron chi connectivity index (χ3n) is 1.81. The molecule has 1 rings (SSSR count). The fraction of sp³-hybridized carbons (Fsp3) is 0.667. The van der Waals surface area contributed by atoms with Crippen LogP contribution in [0.4, 0.5) is 0 Å². The van der Waals surface area contributed by atoms with Crippen LogP contribution in [-0.4, -0.2) is 14.8 Å². The molecule has 0 atom stereocenters. The Bertz CT molecular complexity index is 341. The van der Waals surface area contributed by atoms with E-state index in [2.05, 4.69) is 10.1 Å². The highest BCUT2D eigenvalue weighted by molar-refractivity contribution is 4.98. The van der Waals surface area contributed by atoms with Crippen LogP contribution in [0.25, 0.3) is 0 Å². The lowest BCUT2D eigenvalue weighted by atomic mass is 10.1. The van der Waals surface area contributed by atoms with Gasteiger partial charge in [0.2, 0.25) is 0 Å². The number of nitrogens with zero attached hydrogens (tertiary/aromatic N) is 3. The van der Waals surface area contributed by atoms with Crippen molar-refractivity contribution in [3.05, 3.63) is 22.4 Å². The van der Waals surface area contributed by atoms with Gasteiger partial charge in [-0.2, -0.15) is 10.1 Å². The van der Waals surface area contributed by atoms with Crippen LogP contribution in [0, 0.1) is 0 Å². The molecule has 0 aliphatic carbocycles. The van der Waals surface area contributed by atoms with Crippen molar-refractivity contribution in [2.75, 3.05) is 0 Å². The standard InChI is InChI=1S/C9H15N3O/c1-6(2)8-9(13)10-5-12(11-8)7(3)4/h5-7H,1-4H3. The molecule has 1 aromatic rings. The zero-order valence-electron chi connectivity index (χ0n) is 8.48. The molecule has 0 fully saturated rings. The topological polar surface area (TPSA) is 47.8 Å². The molecular formula is C9H15N3O. The summed E-state index contributed by atoms with van der Waals surface area (Å²) in [6, 6.07) is 0.241. The smallest absolute Gasteiger partial charge is 0.265 e. The van der Waals surface area contributed by atoms with E-state index in [1.54, 1.807) is 4.68 Å². The van der Waals surface area contributed by atoms with E-state index in [-0.39, 0.29) is 17.5 Å². The highest BCUT2D eigenvalue weighted by Crippen LogP contribution is 2.06. The van der Waals surface area contributed by atoms with Crippen molar-refractivity contribution < 1.29 is 0 Å². The van der Waals surface area contributed by atoms with E-state index < -0.39 is 0 Å². The first-order chi connectivity index (χ1) is 6.02. The van der Waals surface area contributed by atoms with Gasteiger partial charge in [-0.1, -0.05) is 13.8 Å². The van der Waals surface area contributed by atoms with Gasteiger partial charge in [-0.05, 0) is 13.8 Å². The molecule has 0 aliphatic rings. The van der Waals surface area contributed by atoms with Crippen molar-refractivity contribution in [1.82, 2.24) is 14.8 Å². The summed E-state index contributed by atoms with van der Waals surface area (Å²) in [4.78, 5) is 15.0. The molecule has 0 aliphatic heterocycles. The molecule has 0 radical (unpaired) electrons. The predicted octanol–water partition coefficient (Wildman–Crippen LogP) is 1.34. The lowest BCUT2D eigenvalue weighted by Gasteiger charge is -2.10. The summed E-state index contributed by atoms with van der Waals surface area (Å²) in [7, 11) is 0. The predicted molar refractivity (Wildman–Crippen MR) is 50.8 cm³/mol. The maximum atomic E-state index is 11.2. The summed E-state index contributed by atoms with van der Waals surface area (Å²) < 4.78 is 1.71. The molecule has 0 spiro atoms. The number of hydrogen-bond donors (Lipinski definition) is 0. The molecule has 72 valence electrons. The first-order valence-electron chi connectivity index (χ1n) is 4.47. The van der Waals surface area contributed by atoms with Crippen LogP contribution in [0.1, 0.15) is 45.3 Å². The molecule has 0 amide bonds. The fourth-order valence-corrected chi connectivity index (χ4v) is 0.982. The Hall–Kier alpha value is -1.19. The van der Waals surface area contributed by atoms with E-state index in [0.29, 0.717) is 5.69 Å². The van der Waals surface area contributed by atoms with Crippen molar-refractivity contribution in [3.63, 3.8) is 0 Å². The van der Waals surface area contributed by atoms with E-state index in [9.17, 15) is 4.79 Å². The third-order valence-corrected chi connectivity index (χ3v) is 1.81. The van der Waals surface area contributed by atoms with Crippen molar-refractivity contribution in [2.24, 2.45) is 0 Å². The lowest BCUT2D eigenvalue weighted by Crippen LogP contribution is -2.22. The molecule has 13 heavy (non-hydrogen) atoms. The van der Waals surface area contributed by atoms with E-state index >= 15 is 0 Å². The number of rotatable bonds is 2. The first kappa shape index (κ1) is 9.89. The van der Waals surface area contributed by atoms with Crippen LogP contribution in [0.3, 0.4) is 0 Å². The number of aromatic nitrogens is 3. The second kappa shape index (κ2) is 3.68. The zero-order valence-corrected chi connectivity index (χ0v) is 8.48. The summed E-state index contributed by atoms with van der Waals surface area (Å²) in [5.74, 6) is 0.131. The average Bonchev–Trinajstić information content (AvgIpc) is 2.04. The van der Waals surface area contributed by atoms with Gasteiger partial charge in [-0.25, -0.2) is 0 Å². The van der Waals surface area contributed by atoms with E-state index in [4.69, 9.17) is 0 Å². The molecule has 4 heteroatoms. The Morgan fingerprint density at radius 3 is 2.38 bits per heavy atom. The second-order valence-corrected chi connectivity index (χ2v) is 3.66. The van der Waals surface area contributed by atoms with Gasteiger partial charge in [0.05, 0.1) is 0 Å². The molecule has 0 N–H and O–H groups in total. The Balaban J connectivity index is 3.19. The Morgan fingerprint density at radius 1 is 1.31 bits per heavy atom. The summed E-state index contributed by atoms with van der Waals surface area (Å²) >= 11 is 0. The van der Waals surface area contributed by atoms with Gasteiger partial charge in [0.15, 0.2) is 0 Å². The van der Waals surface area contributed by atoms with E-state index in [1.165, 1.54) is 6.33 Å². The minimum Gasteiger partial charge on any atom is -0.265 e. The summed E-state index contributed by atoms with van der Waals surface area (Å²) in [5.41, 5.74) is 0.322. The van der Waals surface area contributed by atoms with Crippen molar-refractivity contribution in [3.8, 4) is 0 Å². The van der Waals surface area contributed by atoms with E-state index in [1.807, 2.05) is 27.7 Å². The zero-order chi connectivity index (χ0) is 10.0. The molecule has 0 unspecified atom stereocenters. The van der Waals surface area contributed by atoms with Gasteiger partial charge in [-0.15, -0.1) is 0 Å². The largest absolute Gasteiger partial charge is 0.294 e. The normalized spacial score (nSPS) is 11.2. The lowest BCUT2D eigenvalue weighted by molar-refractivity contribution is 0.489. The van der Waals surface area contributed by atoms with Crippen molar-refractivity contribution in [2.45, 2.75) is 39.7 Å². The fourth-order valence-electron chi connectivity index (χ4n) is 0.982. The summed E-state index contributed by atoms with van der Waals surface area (Å²) in [6.07, 6.45) is 1.48. The van der Waals surface area contributed by atoms with Crippen molar-refractivity contribution in [1.29, 1.82) is 0 Å². The van der Waals surface area contributed by atoms with Gasteiger partial charge in [0.25, 0.3) is 5.56 Å². The summed E-state index contributed by atoms with van der Waals surface area (Å²) in [5, 5.41) is 4.21. The minimum atomic E-state index is -0.216. The average molecular weight is 181 g/mol. The van der Waals surface area contributed by atoms with Crippen LogP contribution in [0.5, 0.6) is 0 Å². The minimum absolute atomic E-state index is 0.131. The molecule has 0 saturated heterocycles. The monoisotopic (exact) mass is 181 g/mol. The van der Waals surface area contributed by atoms with Crippen LogP contribution in [-0.2, 0) is 0 Å². The molecule has 4 nitrogen and oxygen atoms in total. The van der Waals surface area contributed by atoms with Crippen LogP contribution in [0.15, 0.2) is 11.1 Å². The first-order valence-corrected chi connectivity index (χ1v) is 4.47. The van der Waals surface area contributed by atoms with Gasteiger partial charge < -0.3 is 0 Å². The van der Waals surface area contributed by atoms with Gasteiger partial charge in [0.1, 0.15) is 12.0 Å². The Kier molecular flexibility index (Phi) is 2.80. The van der Waals surface area contributed by atoms with Crippen LogP contribution in [0.2, 0.25) is 0 Å². The third kappa shape index (κ3) is 2.14. The molecular weight excluding hydrogens is 166 g/mol. The quantitative estimate of drug-likeness (QED) is 0.691. The summed E-state index contributed by atoms with van der Waals surface area (Å²) in [6.45, 7) is 7.89. The molecule has 0 aromatic carbocycles. The molecule has 1 heterocycles. The molecule has 0 bridgehead atoms. The van der Waals surface area contributed by atoms with Gasteiger partial charge in [0, 0.05) is 12.0 Å².